The number of halogens is 1. The third kappa shape index (κ3) is 3.08. The van der Waals surface area contributed by atoms with Crippen molar-refractivity contribution in [1.29, 1.82) is 0 Å². The highest BCUT2D eigenvalue weighted by Gasteiger charge is 2.13. The Morgan fingerprint density at radius 3 is 2.76 bits per heavy atom. The lowest BCUT2D eigenvalue weighted by atomic mass is 10.3. The molecule has 0 aliphatic carbocycles. The molecule has 0 spiro atoms. The van der Waals surface area contributed by atoms with Gasteiger partial charge in [0.05, 0.1) is 17.8 Å². The molecular weight excluding hydrogens is 404 g/mol. The first-order valence-electron chi connectivity index (χ1n) is 7.34. The molecule has 0 aliphatic rings. The molecule has 4 rings (SSSR count). The van der Waals surface area contributed by atoms with E-state index in [2.05, 4.69) is 36.3 Å². The minimum absolute atomic E-state index is 0.230. The van der Waals surface area contributed by atoms with Gasteiger partial charge >= 0.3 is 0 Å². The van der Waals surface area contributed by atoms with Crippen molar-refractivity contribution in [3.63, 3.8) is 0 Å². The molecule has 0 saturated carbocycles. The van der Waals surface area contributed by atoms with Crippen molar-refractivity contribution in [3.05, 3.63) is 69.7 Å². The van der Waals surface area contributed by atoms with Crippen LogP contribution in [0.5, 0.6) is 0 Å². The van der Waals surface area contributed by atoms with Crippen LogP contribution >= 0.6 is 27.7 Å². The maximum atomic E-state index is 12.6. The number of hydrogen-bond acceptors (Lipinski definition) is 6. The normalized spacial score (nSPS) is 11.1. The maximum absolute atomic E-state index is 12.6. The topological polar surface area (TPSA) is 78.5 Å². The summed E-state index contributed by atoms with van der Waals surface area (Å²) in [5, 5.41) is 13.7. The summed E-state index contributed by atoms with van der Waals surface area (Å²) in [6, 6.07) is 13.3. The molecular formula is C16H11BrN6OS. The first-order valence-corrected chi connectivity index (χ1v) is 9.12. The molecule has 0 unspecified atom stereocenters. The van der Waals surface area contributed by atoms with Gasteiger partial charge in [-0.3, -0.25) is 4.79 Å². The Bertz CT molecular complexity index is 1090. The summed E-state index contributed by atoms with van der Waals surface area (Å²) in [5.74, 6) is 0.313. The number of pyridine rings is 1. The first-order chi connectivity index (χ1) is 12.2. The standard InChI is InChI=1S/C16H11BrN6OS/c17-13-7-4-8-18-15(13)25-10-22-16(24)12-9-19-23(14(12)20-21-22)11-5-2-1-3-6-11/h1-9H,10H2. The summed E-state index contributed by atoms with van der Waals surface area (Å²) in [5.41, 5.74) is 1.04. The Balaban J connectivity index is 1.68. The van der Waals surface area contributed by atoms with E-state index in [1.807, 2.05) is 42.5 Å². The molecule has 0 radical (unpaired) electrons. The zero-order chi connectivity index (χ0) is 17.2. The molecule has 4 aromatic rings. The lowest BCUT2D eigenvalue weighted by Crippen LogP contribution is -2.23. The molecule has 3 aromatic heterocycles. The SMILES string of the molecule is O=c1c2cnn(-c3ccccc3)c2nnn1CSc1ncccc1Br. The zero-order valence-electron chi connectivity index (χ0n) is 12.8. The monoisotopic (exact) mass is 414 g/mol. The van der Waals surface area contributed by atoms with Gasteiger partial charge in [0.1, 0.15) is 10.4 Å². The highest BCUT2D eigenvalue weighted by atomic mass is 79.9. The molecule has 25 heavy (non-hydrogen) atoms. The van der Waals surface area contributed by atoms with Crippen molar-refractivity contribution in [3.8, 4) is 5.69 Å². The van der Waals surface area contributed by atoms with Gasteiger partial charge in [-0.25, -0.2) is 9.67 Å². The third-order valence-corrected chi connectivity index (χ3v) is 5.38. The van der Waals surface area contributed by atoms with Gasteiger partial charge < -0.3 is 0 Å². The van der Waals surface area contributed by atoms with E-state index in [-0.39, 0.29) is 5.56 Å². The number of para-hydroxylation sites is 1. The molecule has 3 heterocycles. The third-order valence-electron chi connectivity index (χ3n) is 3.51. The van der Waals surface area contributed by atoms with Crippen LogP contribution in [-0.2, 0) is 5.88 Å². The molecule has 0 fully saturated rings. The second kappa shape index (κ2) is 6.77. The zero-order valence-corrected chi connectivity index (χ0v) is 15.2. The van der Waals surface area contributed by atoms with Gasteiger partial charge in [0.2, 0.25) is 0 Å². The van der Waals surface area contributed by atoms with E-state index in [9.17, 15) is 4.79 Å². The summed E-state index contributed by atoms with van der Waals surface area (Å²) in [4.78, 5) is 16.9. The van der Waals surface area contributed by atoms with E-state index in [4.69, 9.17) is 0 Å². The van der Waals surface area contributed by atoms with E-state index in [0.29, 0.717) is 16.9 Å². The molecule has 0 bridgehead atoms. The number of nitrogens with zero attached hydrogens (tertiary/aromatic N) is 6. The summed E-state index contributed by atoms with van der Waals surface area (Å²) in [6.45, 7) is 0. The van der Waals surface area contributed by atoms with Crippen molar-refractivity contribution >= 4 is 38.7 Å². The Labute approximate surface area is 154 Å². The van der Waals surface area contributed by atoms with Crippen LogP contribution in [-0.4, -0.2) is 29.8 Å². The van der Waals surface area contributed by atoms with Crippen molar-refractivity contribution < 1.29 is 0 Å². The molecule has 124 valence electrons. The predicted molar refractivity (Wildman–Crippen MR) is 98.7 cm³/mol. The van der Waals surface area contributed by atoms with Crippen LogP contribution in [0.1, 0.15) is 0 Å². The lowest BCUT2D eigenvalue weighted by molar-refractivity contribution is 0.640. The van der Waals surface area contributed by atoms with Gasteiger partial charge in [0, 0.05) is 10.7 Å². The minimum Gasteiger partial charge on any atom is -0.267 e. The summed E-state index contributed by atoms with van der Waals surface area (Å²) in [7, 11) is 0. The van der Waals surface area contributed by atoms with Crippen LogP contribution in [0.15, 0.2) is 69.2 Å². The predicted octanol–water partition coefficient (Wildman–Crippen LogP) is 2.88. The maximum Gasteiger partial charge on any atom is 0.281 e. The summed E-state index contributed by atoms with van der Waals surface area (Å²) in [6.07, 6.45) is 3.23. The molecule has 0 amide bonds. The average Bonchev–Trinajstić information content (AvgIpc) is 3.08. The van der Waals surface area contributed by atoms with Crippen molar-refractivity contribution in [2.45, 2.75) is 10.9 Å². The number of hydrogen-bond donors (Lipinski definition) is 0. The molecule has 9 heteroatoms. The number of aromatic nitrogens is 6. The molecule has 1 aromatic carbocycles. The van der Waals surface area contributed by atoms with Crippen LogP contribution in [0, 0.1) is 0 Å². The van der Waals surface area contributed by atoms with Gasteiger partial charge in [0.15, 0.2) is 5.65 Å². The number of benzene rings is 1. The second-order valence-electron chi connectivity index (χ2n) is 5.09. The average molecular weight is 415 g/mol. The molecule has 0 N–H and O–H groups in total. The molecule has 0 aliphatic heterocycles. The molecule has 7 nitrogen and oxygen atoms in total. The number of fused-ring (bicyclic) bond motifs is 1. The van der Waals surface area contributed by atoms with Gasteiger partial charge in [-0.2, -0.15) is 9.78 Å². The fraction of sp³-hybridized carbons (Fsp3) is 0.0625. The van der Waals surface area contributed by atoms with Crippen molar-refractivity contribution in [1.82, 2.24) is 29.8 Å². The van der Waals surface area contributed by atoms with Crippen LogP contribution < -0.4 is 5.56 Å². The fourth-order valence-corrected chi connectivity index (χ4v) is 3.66. The van der Waals surface area contributed by atoms with Crippen LogP contribution in [0.2, 0.25) is 0 Å². The van der Waals surface area contributed by atoms with E-state index < -0.39 is 0 Å². The van der Waals surface area contributed by atoms with E-state index in [1.165, 1.54) is 22.6 Å². The Hall–Kier alpha value is -2.52. The largest absolute Gasteiger partial charge is 0.281 e. The van der Waals surface area contributed by atoms with Gasteiger partial charge in [-0.1, -0.05) is 35.2 Å². The highest BCUT2D eigenvalue weighted by Crippen LogP contribution is 2.25. The lowest BCUT2D eigenvalue weighted by Gasteiger charge is -2.05. The highest BCUT2D eigenvalue weighted by molar-refractivity contribution is 9.10. The van der Waals surface area contributed by atoms with Crippen LogP contribution in [0.4, 0.5) is 0 Å². The molecule has 0 saturated heterocycles. The van der Waals surface area contributed by atoms with Crippen LogP contribution in [0.25, 0.3) is 16.7 Å². The minimum atomic E-state index is -0.230. The van der Waals surface area contributed by atoms with E-state index in [1.54, 1.807) is 10.9 Å². The Morgan fingerprint density at radius 1 is 1.12 bits per heavy atom. The molecule has 0 atom stereocenters. The Kier molecular flexibility index (Phi) is 4.33. The fourth-order valence-electron chi connectivity index (χ4n) is 2.31. The van der Waals surface area contributed by atoms with E-state index >= 15 is 0 Å². The van der Waals surface area contributed by atoms with Crippen LogP contribution in [0.3, 0.4) is 0 Å². The quantitative estimate of drug-likeness (QED) is 0.477. The first kappa shape index (κ1) is 16.0. The smallest absolute Gasteiger partial charge is 0.267 e. The Morgan fingerprint density at radius 2 is 1.96 bits per heavy atom. The summed E-state index contributed by atoms with van der Waals surface area (Å²) >= 11 is 4.84. The summed E-state index contributed by atoms with van der Waals surface area (Å²) < 4.78 is 3.79. The van der Waals surface area contributed by atoms with Gasteiger partial charge in [-0.15, -0.1) is 5.10 Å². The number of rotatable bonds is 4. The van der Waals surface area contributed by atoms with E-state index in [0.717, 1.165) is 15.2 Å². The van der Waals surface area contributed by atoms with Gasteiger partial charge in [-0.05, 0) is 40.2 Å². The second-order valence-corrected chi connectivity index (χ2v) is 6.88. The number of thioether (sulfide) groups is 1. The van der Waals surface area contributed by atoms with Gasteiger partial charge in [0.25, 0.3) is 5.56 Å². The van der Waals surface area contributed by atoms with Crippen molar-refractivity contribution in [2.75, 3.05) is 0 Å². The van der Waals surface area contributed by atoms with Crippen molar-refractivity contribution in [2.24, 2.45) is 0 Å².